The number of carboxylic acid groups (broad SMARTS) is 1. The van der Waals surface area contributed by atoms with Crippen LogP contribution in [0.4, 0.5) is 17.6 Å². The highest BCUT2D eigenvalue weighted by molar-refractivity contribution is 7.89. The van der Waals surface area contributed by atoms with E-state index in [1.54, 1.807) is 24.3 Å². The number of sulfonamides is 1. The predicted octanol–water partition coefficient (Wildman–Crippen LogP) is 5.62. The van der Waals surface area contributed by atoms with Gasteiger partial charge < -0.3 is 5.11 Å². The zero-order chi connectivity index (χ0) is 24.6. The summed E-state index contributed by atoms with van der Waals surface area (Å²) < 4.78 is 79.8. The lowest BCUT2D eigenvalue weighted by Crippen LogP contribution is -2.29. The van der Waals surface area contributed by atoms with E-state index in [-0.39, 0.29) is 30.6 Å². The van der Waals surface area contributed by atoms with Gasteiger partial charge in [0.05, 0.1) is 10.8 Å². The Labute approximate surface area is 190 Å². The molecular formula is C23H27F4NO4S. The van der Waals surface area contributed by atoms with E-state index in [4.69, 9.17) is 5.11 Å². The summed E-state index contributed by atoms with van der Waals surface area (Å²) in [6.45, 7) is 1.09. The molecule has 10 heteroatoms. The molecule has 0 aliphatic heterocycles. The van der Waals surface area contributed by atoms with Crippen molar-refractivity contribution in [1.82, 2.24) is 4.72 Å². The number of carboxylic acids is 1. The van der Waals surface area contributed by atoms with Crippen molar-refractivity contribution in [1.29, 1.82) is 0 Å². The fourth-order valence-corrected chi connectivity index (χ4v) is 4.57. The Hall–Kier alpha value is -2.46. The molecule has 2 atom stereocenters. The zero-order valence-electron chi connectivity index (χ0n) is 18.1. The Balaban J connectivity index is 2.17. The molecule has 2 N–H and O–H groups in total. The first-order valence-electron chi connectivity index (χ1n) is 10.5. The summed E-state index contributed by atoms with van der Waals surface area (Å²) in [5.41, 5.74) is 1.44. The average Bonchev–Trinajstić information content (AvgIpc) is 2.73. The highest BCUT2D eigenvalue weighted by atomic mass is 32.2. The van der Waals surface area contributed by atoms with Gasteiger partial charge in [-0.15, -0.1) is 0 Å². The summed E-state index contributed by atoms with van der Waals surface area (Å²) in [7, 11) is -4.04. The minimum absolute atomic E-state index is 0.0270. The van der Waals surface area contributed by atoms with Crippen molar-refractivity contribution in [2.24, 2.45) is 5.92 Å². The van der Waals surface area contributed by atoms with Crippen LogP contribution in [-0.2, 0) is 21.2 Å². The van der Waals surface area contributed by atoms with Gasteiger partial charge in [0.15, 0.2) is 0 Å². The first-order valence-corrected chi connectivity index (χ1v) is 12.0. The van der Waals surface area contributed by atoms with Crippen molar-refractivity contribution in [3.8, 4) is 0 Å². The zero-order valence-corrected chi connectivity index (χ0v) is 18.9. The van der Waals surface area contributed by atoms with Crippen molar-refractivity contribution in [2.45, 2.75) is 62.6 Å². The van der Waals surface area contributed by atoms with Gasteiger partial charge in [-0.25, -0.2) is 17.5 Å². The van der Waals surface area contributed by atoms with Crippen LogP contribution in [0.1, 0.15) is 56.2 Å². The topological polar surface area (TPSA) is 83.5 Å². The standard InChI is InChI=1S/C23H27F4NO4S/c1-16(23(25,26)27)4-2-6-21(28-33(31,32)20-14-12-19(24)13-15-20)18-10-8-17(9-11-18)5-3-7-22(29)30/h8-16,21,28H,2-7H2,1H3,(H,29,30). The van der Waals surface area contributed by atoms with Crippen LogP contribution < -0.4 is 4.72 Å². The van der Waals surface area contributed by atoms with Gasteiger partial charge in [-0.3, -0.25) is 4.79 Å². The fourth-order valence-electron chi connectivity index (χ4n) is 3.31. The van der Waals surface area contributed by atoms with Crippen LogP contribution >= 0.6 is 0 Å². The fraction of sp³-hybridized carbons (Fsp3) is 0.435. The Morgan fingerprint density at radius 2 is 1.61 bits per heavy atom. The second-order valence-electron chi connectivity index (χ2n) is 7.99. The molecule has 0 bridgehead atoms. The van der Waals surface area contributed by atoms with Gasteiger partial charge in [-0.05, 0) is 61.1 Å². The molecule has 2 aromatic rings. The van der Waals surface area contributed by atoms with Crippen molar-refractivity contribution in [3.63, 3.8) is 0 Å². The maximum atomic E-state index is 13.2. The molecule has 2 aromatic carbocycles. The molecule has 0 aliphatic carbocycles. The van der Waals surface area contributed by atoms with E-state index in [2.05, 4.69) is 4.72 Å². The number of aryl methyl sites for hydroxylation is 1. The van der Waals surface area contributed by atoms with Crippen LogP contribution in [0.3, 0.4) is 0 Å². The Kier molecular flexibility index (Phi) is 9.42. The van der Waals surface area contributed by atoms with E-state index >= 15 is 0 Å². The van der Waals surface area contributed by atoms with Crippen LogP contribution in [0.5, 0.6) is 0 Å². The smallest absolute Gasteiger partial charge is 0.391 e. The van der Waals surface area contributed by atoms with Gasteiger partial charge in [0.2, 0.25) is 10.0 Å². The maximum absolute atomic E-state index is 13.2. The molecule has 5 nitrogen and oxygen atoms in total. The highest BCUT2D eigenvalue weighted by Crippen LogP contribution is 2.31. The number of hydrogen-bond donors (Lipinski definition) is 2. The van der Waals surface area contributed by atoms with Crippen LogP contribution in [0.15, 0.2) is 53.4 Å². The van der Waals surface area contributed by atoms with Crippen molar-refractivity contribution in [3.05, 3.63) is 65.5 Å². The minimum Gasteiger partial charge on any atom is -0.481 e. The lowest BCUT2D eigenvalue weighted by Gasteiger charge is -2.21. The summed E-state index contributed by atoms with van der Waals surface area (Å²) in [6.07, 6.45) is -3.19. The molecular weight excluding hydrogens is 462 g/mol. The second-order valence-corrected chi connectivity index (χ2v) is 9.70. The van der Waals surface area contributed by atoms with E-state index in [1.807, 2.05) is 0 Å². The molecule has 2 rings (SSSR count). The van der Waals surface area contributed by atoms with Gasteiger partial charge in [-0.2, -0.15) is 13.2 Å². The Morgan fingerprint density at radius 1 is 1.00 bits per heavy atom. The molecule has 2 unspecified atom stereocenters. The van der Waals surface area contributed by atoms with Crippen molar-refractivity contribution in [2.75, 3.05) is 0 Å². The molecule has 33 heavy (non-hydrogen) atoms. The lowest BCUT2D eigenvalue weighted by molar-refractivity contribution is -0.171. The normalized spacial score (nSPS) is 14.1. The maximum Gasteiger partial charge on any atom is 0.391 e. The third-order valence-electron chi connectivity index (χ3n) is 5.35. The molecule has 0 saturated heterocycles. The predicted molar refractivity (Wildman–Crippen MR) is 116 cm³/mol. The van der Waals surface area contributed by atoms with Crippen molar-refractivity contribution < 1.29 is 35.9 Å². The molecule has 182 valence electrons. The summed E-state index contributed by atoms with van der Waals surface area (Å²) in [5, 5.41) is 8.74. The summed E-state index contributed by atoms with van der Waals surface area (Å²) in [4.78, 5) is 10.5. The second kappa shape index (κ2) is 11.6. The van der Waals surface area contributed by atoms with Crippen molar-refractivity contribution >= 4 is 16.0 Å². The Morgan fingerprint density at radius 3 is 2.15 bits per heavy atom. The summed E-state index contributed by atoms with van der Waals surface area (Å²) >= 11 is 0. The Bertz CT molecular complexity index is 1010. The molecule has 0 spiro atoms. The highest BCUT2D eigenvalue weighted by Gasteiger charge is 2.35. The number of aliphatic carboxylic acids is 1. The number of nitrogens with one attached hydrogen (secondary N) is 1. The van der Waals surface area contributed by atoms with Crippen LogP contribution in [0.2, 0.25) is 0 Å². The third kappa shape index (κ3) is 8.77. The van der Waals surface area contributed by atoms with E-state index in [0.29, 0.717) is 18.4 Å². The summed E-state index contributed by atoms with van der Waals surface area (Å²) in [6, 6.07) is 10.3. The van der Waals surface area contributed by atoms with Gasteiger partial charge >= 0.3 is 12.1 Å². The molecule has 0 fully saturated rings. The first-order chi connectivity index (χ1) is 15.4. The first kappa shape index (κ1) is 26.8. The van der Waals surface area contributed by atoms with Crippen LogP contribution in [0, 0.1) is 11.7 Å². The monoisotopic (exact) mass is 489 g/mol. The minimum atomic E-state index is -4.32. The molecule has 0 aromatic heterocycles. The van der Waals surface area contributed by atoms with E-state index in [0.717, 1.165) is 36.8 Å². The molecule has 0 radical (unpaired) electrons. The molecule has 0 amide bonds. The summed E-state index contributed by atoms with van der Waals surface area (Å²) in [5.74, 6) is -3.00. The lowest BCUT2D eigenvalue weighted by atomic mass is 9.96. The molecule has 0 aliphatic rings. The largest absolute Gasteiger partial charge is 0.481 e. The SMILES string of the molecule is CC(CCCC(NS(=O)(=O)c1ccc(F)cc1)c1ccc(CCCC(=O)O)cc1)C(F)(F)F. The van der Waals surface area contributed by atoms with Gasteiger partial charge in [0.25, 0.3) is 0 Å². The van der Waals surface area contributed by atoms with E-state index < -0.39 is 39.9 Å². The third-order valence-corrected chi connectivity index (χ3v) is 6.84. The van der Waals surface area contributed by atoms with Gasteiger partial charge in [0.1, 0.15) is 5.82 Å². The van der Waals surface area contributed by atoms with Crippen LogP contribution in [0.25, 0.3) is 0 Å². The number of halogens is 4. The number of hydrogen-bond acceptors (Lipinski definition) is 3. The van der Waals surface area contributed by atoms with Gasteiger partial charge in [0, 0.05) is 12.5 Å². The van der Waals surface area contributed by atoms with E-state index in [1.165, 1.54) is 0 Å². The molecule has 0 saturated carbocycles. The quantitative estimate of drug-likeness (QED) is 0.379. The number of benzene rings is 2. The molecule has 0 heterocycles. The number of alkyl halides is 3. The van der Waals surface area contributed by atoms with Crippen LogP contribution in [-0.4, -0.2) is 25.7 Å². The number of carbonyl (C=O) groups is 1. The van der Waals surface area contributed by atoms with Gasteiger partial charge in [-0.1, -0.05) is 37.6 Å². The van der Waals surface area contributed by atoms with E-state index in [9.17, 15) is 30.8 Å². The number of rotatable bonds is 12. The average molecular weight is 490 g/mol.